The highest BCUT2D eigenvalue weighted by atomic mass is 16.5. The molecule has 0 spiro atoms. The standard InChI is InChI=1S/C16H21N3O2/c1-4-14-18-15(17-5-2)11-16(19-14)21-13-10-8-7-9-12(13)20-6-3/h7-11H,4-6H2,1-3H3,(H,17,18,19). The van der Waals surface area contributed by atoms with Gasteiger partial charge in [-0.15, -0.1) is 0 Å². The van der Waals surface area contributed by atoms with Crippen molar-refractivity contribution < 1.29 is 9.47 Å². The highest BCUT2D eigenvalue weighted by molar-refractivity contribution is 5.44. The smallest absolute Gasteiger partial charge is 0.224 e. The van der Waals surface area contributed by atoms with Crippen LogP contribution in [0.1, 0.15) is 26.6 Å². The minimum Gasteiger partial charge on any atom is -0.490 e. The Balaban J connectivity index is 2.28. The van der Waals surface area contributed by atoms with Gasteiger partial charge in [0.25, 0.3) is 0 Å². The van der Waals surface area contributed by atoms with Gasteiger partial charge < -0.3 is 14.8 Å². The summed E-state index contributed by atoms with van der Waals surface area (Å²) in [5, 5.41) is 3.19. The molecule has 0 saturated carbocycles. The van der Waals surface area contributed by atoms with Gasteiger partial charge in [-0.05, 0) is 26.0 Å². The van der Waals surface area contributed by atoms with Crippen LogP contribution in [0.4, 0.5) is 5.82 Å². The zero-order valence-electron chi connectivity index (χ0n) is 12.7. The van der Waals surface area contributed by atoms with E-state index in [2.05, 4.69) is 15.3 Å². The van der Waals surface area contributed by atoms with Gasteiger partial charge in [-0.3, -0.25) is 0 Å². The van der Waals surface area contributed by atoms with Crippen molar-refractivity contribution in [3.05, 3.63) is 36.2 Å². The fraction of sp³-hybridized carbons (Fsp3) is 0.375. The average molecular weight is 287 g/mol. The molecule has 0 unspecified atom stereocenters. The van der Waals surface area contributed by atoms with E-state index in [1.807, 2.05) is 45.0 Å². The Morgan fingerprint density at radius 3 is 2.48 bits per heavy atom. The van der Waals surface area contributed by atoms with Gasteiger partial charge in [-0.2, -0.15) is 4.98 Å². The van der Waals surface area contributed by atoms with Crippen molar-refractivity contribution in [1.82, 2.24) is 9.97 Å². The highest BCUT2D eigenvalue weighted by Gasteiger charge is 2.09. The fourth-order valence-electron chi connectivity index (χ4n) is 1.88. The van der Waals surface area contributed by atoms with Crippen molar-refractivity contribution in [2.24, 2.45) is 0 Å². The van der Waals surface area contributed by atoms with E-state index in [1.54, 1.807) is 6.07 Å². The number of ether oxygens (including phenoxy) is 2. The molecule has 0 saturated heterocycles. The lowest BCUT2D eigenvalue weighted by Crippen LogP contribution is -2.04. The monoisotopic (exact) mass is 287 g/mol. The van der Waals surface area contributed by atoms with Crippen molar-refractivity contribution in [2.75, 3.05) is 18.5 Å². The summed E-state index contributed by atoms with van der Waals surface area (Å²) in [5.41, 5.74) is 0. The first kappa shape index (κ1) is 15.1. The Hall–Kier alpha value is -2.30. The van der Waals surface area contributed by atoms with E-state index in [0.29, 0.717) is 24.0 Å². The first-order valence-corrected chi connectivity index (χ1v) is 7.28. The maximum atomic E-state index is 5.88. The van der Waals surface area contributed by atoms with Crippen LogP contribution in [0.2, 0.25) is 0 Å². The number of anilines is 1. The molecule has 1 aromatic heterocycles. The highest BCUT2D eigenvalue weighted by Crippen LogP contribution is 2.31. The summed E-state index contributed by atoms with van der Waals surface area (Å²) in [4.78, 5) is 8.81. The van der Waals surface area contributed by atoms with E-state index >= 15 is 0 Å². The van der Waals surface area contributed by atoms with Crippen LogP contribution >= 0.6 is 0 Å². The summed E-state index contributed by atoms with van der Waals surface area (Å²) in [6, 6.07) is 9.37. The summed E-state index contributed by atoms with van der Waals surface area (Å²) in [5.74, 6) is 3.40. The number of aryl methyl sites for hydroxylation is 1. The van der Waals surface area contributed by atoms with E-state index in [4.69, 9.17) is 9.47 Å². The number of aromatic nitrogens is 2. The van der Waals surface area contributed by atoms with Gasteiger partial charge in [-0.25, -0.2) is 4.98 Å². The molecule has 0 fully saturated rings. The van der Waals surface area contributed by atoms with Crippen LogP contribution in [0, 0.1) is 0 Å². The molecule has 0 amide bonds. The number of hydrogen-bond acceptors (Lipinski definition) is 5. The number of hydrogen-bond donors (Lipinski definition) is 1. The van der Waals surface area contributed by atoms with Gasteiger partial charge in [0.05, 0.1) is 6.61 Å². The number of nitrogens with one attached hydrogen (secondary N) is 1. The summed E-state index contributed by atoms with van der Waals surface area (Å²) < 4.78 is 11.4. The average Bonchev–Trinajstić information content (AvgIpc) is 2.49. The largest absolute Gasteiger partial charge is 0.490 e. The van der Waals surface area contributed by atoms with Crippen LogP contribution in [0.5, 0.6) is 17.4 Å². The molecule has 2 rings (SSSR count). The maximum Gasteiger partial charge on any atom is 0.224 e. The Kier molecular flexibility index (Phi) is 5.37. The molecule has 0 atom stereocenters. The molecule has 1 aromatic carbocycles. The Morgan fingerprint density at radius 2 is 1.81 bits per heavy atom. The minimum absolute atomic E-state index is 0.518. The predicted molar refractivity (Wildman–Crippen MR) is 83.3 cm³/mol. The molecule has 0 aliphatic heterocycles. The fourth-order valence-corrected chi connectivity index (χ4v) is 1.88. The molecule has 0 aliphatic rings. The van der Waals surface area contributed by atoms with Crippen molar-refractivity contribution in [2.45, 2.75) is 27.2 Å². The van der Waals surface area contributed by atoms with Gasteiger partial charge in [0.15, 0.2) is 11.5 Å². The maximum absolute atomic E-state index is 5.88. The van der Waals surface area contributed by atoms with Crippen LogP contribution in [0.25, 0.3) is 0 Å². The summed E-state index contributed by atoms with van der Waals surface area (Å²) in [6.07, 6.45) is 0.753. The van der Waals surface area contributed by atoms with Crippen molar-refractivity contribution in [3.8, 4) is 17.4 Å². The first-order chi connectivity index (χ1) is 10.3. The quantitative estimate of drug-likeness (QED) is 0.842. The molecule has 5 nitrogen and oxygen atoms in total. The summed E-state index contributed by atoms with van der Waals surface area (Å²) in [7, 11) is 0. The number of para-hydroxylation sites is 2. The lowest BCUT2D eigenvalue weighted by molar-refractivity contribution is 0.319. The zero-order valence-corrected chi connectivity index (χ0v) is 12.7. The van der Waals surface area contributed by atoms with Crippen LogP contribution in [0.3, 0.4) is 0 Å². The second-order valence-corrected chi connectivity index (χ2v) is 4.37. The van der Waals surface area contributed by atoms with E-state index in [0.717, 1.165) is 24.6 Å². The summed E-state index contributed by atoms with van der Waals surface area (Å²) >= 11 is 0. The van der Waals surface area contributed by atoms with Crippen molar-refractivity contribution >= 4 is 5.82 Å². The van der Waals surface area contributed by atoms with Crippen molar-refractivity contribution in [1.29, 1.82) is 0 Å². The van der Waals surface area contributed by atoms with Crippen LogP contribution < -0.4 is 14.8 Å². The van der Waals surface area contributed by atoms with Gasteiger partial charge >= 0.3 is 0 Å². The van der Waals surface area contributed by atoms with Crippen LogP contribution in [0.15, 0.2) is 30.3 Å². The third-order valence-electron chi connectivity index (χ3n) is 2.79. The van der Waals surface area contributed by atoms with E-state index in [9.17, 15) is 0 Å². The molecular weight excluding hydrogens is 266 g/mol. The molecule has 0 radical (unpaired) electrons. The van der Waals surface area contributed by atoms with E-state index in [1.165, 1.54) is 0 Å². The molecule has 1 N–H and O–H groups in total. The zero-order chi connectivity index (χ0) is 15.1. The number of rotatable bonds is 7. The molecule has 112 valence electrons. The summed E-state index contributed by atoms with van der Waals surface area (Å²) in [6.45, 7) is 7.38. The minimum atomic E-state index is 0.518. The molecule has 21 heavy (non-hydrogen) atoms. The van der Waals surface area contributed by atoms with Crippen LogP contribution in [-0.4, -0.2) is 23.1 Å². The molecule has 2 aromatic rings. The second kappa shape index (κ2) is 7.47. The molecular formula is C16H21N3O2. The normalized spacial score (nSPS) is 10.2. The second-order valence-electron chi connectivity index (χ2n) is 4.37. The molecule has 1 heterocycles. The van der Waals surface area contributed by atoms with Crippen LogP contribution in [-0.2, 0) is 6.42 Å². The topological polar surface area (TPSA) is 56.3 Å². The van der Waals surface area contributed by atoms with E-state index < -0.39 is 0 Å². The third-order valence-corrected chi connectivity index (χ3v) is 2.79. The van der Waals surface area contributed by atoms with Gasteiger partial charge in [0.1, 0.15) is 11.6 Å². The Bertz CT molecular complexity index is 587. The van der Waals surface area contributed by atoms with E-state index in [-0.39, 0.29) is 0 Å². The lowest BCUT2D eigenvalue weighted by Gasteiger charge is -2.12. The van der Waals surface area contributed by atoms with Gasteiger partial charge in [0, 0.05) is 19.0 Å². The van der Waals surface area contributed by atoms with Gasteiger partial charge in [-0.1, -0.05) is 19.1 Å². The molecule has 0 aliphatic carbocycles. The number of benzene rings is 1. The lowest BCUT2D eigenvalue weighted by atomic mass is 10.3. The Labute approximate surface area is 125 Å². The van der Waals surface area contributed by atoms with Gasteiger partial charge in [0.2, 0.25) is 5.88 Å². The first-order valence-electron chi connectivity index (χ1n) is 7.28. The number of nitrogens with zero attached hydrogens (tertiary/aromatic N) is 2. The third kappa shape index (κ3) is 4.08. The SMILES string of the molecule is CCNc1cc(Oc2ccccc2OCC)nc(CC)n1. The molecule has 0 bridgehead atoms. The molecule has 5 heteroatoms. The van der Waals surface area contributed by atoms with Crippen molar-refractivity contribution in [3.63, 3.8) is 0 Å². The predicted octanol–water partition coefficient (Wildman–Crippen LogP) is 3.66. The Morgan fingerprint density at radius 1 is 1.05 bits per heavy atom.